The second-order valence-electron chi connectivity index (χ2n) is 6.15. The number of piperidine rings is 1. The molecule has 118 valence electrons. The van der Waals surface area contributed by atoms with Crippen LogP contribution in [0, 0.1) is 5.41 Å². The minimum absolute atomic E-state index is 0. The Labute approximate surface area is 134 Å². The average Bonchev–Trinajstić information content (AvgIpc) is 2.48. The van der Waals surface area contributed by atoms with E-state index in [-0.39, 0.29) is 29.6 Å². The van der Waals surface area contributed by atoms with Crippen molar-refractivity contribution in [3.05, 3.63) is 35.9 Å². The largest absolute Gasteiger partial charge is 0.355 e. The molecule has 21 heavy (non-hydrogen) atoms. The van der Waals surface area contributed by atoms with Crippen molar-refractivity contribution in [2.75, 3.05) is 19.6 Å². The van der Waals surface area contributed by atoms with Crippen molar-refractivity contribution in [3.63, 3.8) is 0 Å². The first kappa shape index (κ1) is 18.0. The van der Waals surface area contributed by atoms with Crippen molar-refractivity contribution in [1.82, 2.24) is 10.6 Å². The molecule has 1 unspecified atom stereocenters. The lowest BCUT2D eigenvalue weighted by atomic mass is 9.81. The van der Waals surface area contributed by atoms with Gasteiger partial charge in [-0.25, -0.2) is 0 Å². The highest BCUT2D eigenvalue weighted by Crippen LogP contribution is 2.27. The highest BCUT2D eigenvalue weighted by molar-refractivity contribution is 5.85. The van der Waals surface area contributed by atoms with Gasteiger partial charge < -0.3 is 10.6 Å². The molecule has 0 aliphatic carbocycles. The zero-order valence-electron chi connectivity index (χ0n) is 13.0. The van der Waals surface area contributed by atoms with E-state index in [4.69, 9.17) is 0 Å². The molecule has 1 aromatic rings. The van der Waals surface area contributed by atoms with Gasteiger partial charge in [-0.15, -0.1) is 12.4 Å². The Morgan fingerprint density at radius 1 is 1.29 bits per heavy atom. The van der Waals surface area contributed by atoms with Crippen molar-refractivity contribution in [1.29, 1.82) is 0 Å². The van der Waals surface area contributed by atoms with Crippen LogP contribution in [0.3, 0.4) is 0 Å². The zero-order chi connectivity index (χ0) is 14.4. The summed E-state index contributed by atoms with van der Waals surface area (Å²) in [5, 5.41) is 6.55. The first-order valence-electron chi connectivity index (χ1n) is 7.68. The van der Waals surface area contributed by atoms with Gasteiger partial charge in [0, 0.05) is 6.54 Å². The summed E-state index contributed by atoms with van der Waals surface area (Å²) in [6, 6.07) is 10.1. The van der Waals surface area contributed by atoms with Gasteiger partial charge in [-0.05, 0) is 43.3 Å². The minimum atomic E-state index is -0.0264. The number of rotatable bonds is 5. The highest BCUT2D eigenvalue weighted by atomic mass is 35.5. The van der Waals surface area contributed by atoms with Crippen LogP contribution in [-0.4, -0.2) is 25.5 Å². The third kappa shape index (κ3) is 5.01. The molecule has 1 aromatic carbocycles. The van der Waals surface area contributed by atoms with Crippen LogP contribution in [0.4, 0.5) is 0 Å². The maximum atomic E-state index is 12.4. The van der Waals surface area contributed by atoms with E-state index < -0.39 is 0 Å². The Morgan fingerprint density at radius 3 is 2.48 bits per heavy atom. The zero-order valence-corrected chi connectivity index (χ0v) is 13.8. The summed E-state index contributed by atoms with van der Waals surface area (Å²) in [7, 11) is 0. The second-order valence-corrected chi connectivity index (χ2v) is 6.15. The molecule has 4 heteroatoms. The topological polar surface area (TPSA) is 41.1 Å². The molecule has 0 aromatic heterocycles. The lowest BCUT2D eigenvalue weighted by molar-refractivity contribution is -0.123. The fraction of sp³-hybridized carbons (Fsp3) is 0.588. The molecule has 0 bridgehead atoms. The first-order valence-corrected chi connectivity index (χ1v) is 7.68. The van der Waals surface area contributed by atoms with Crippen molar-refractivity contribution < 1.29 is 4.79 Å². The monoisotopic (exact) mass is 310 g/mol. The summed E-state index contributed by atoms with van der Waals surface area (Å²) in [5.74, 6) is 0.139. The molecule has 3 nitrogen and oxygen atoms in total. The standard InChI is InChI=1S/C17H26N2O.ClH/c1-3-15(14-7-5-4-6-8-14)16(20)19-13-17(2)9-11-18-12-10-17;/h4-8,15,18H,3,9-13H2,1-2H3,(H,19,20);1H. The number of hydrogen-bond donors (Lipinski definition) is 2. The lowest BCUT2D eigenvalue weighted by Gasteiger charge is -2.34. The number of nitrogens with one attached hydrogen (secondary N) is 2. The third-order valence-electron chi connectivity index (χ3n) is 4.43. The predicted molar refractivity (Wildman–Crippen MR) is 89.9 cm³/mol. The molecular formula is C17H27ClN2O. The van der Waals surface area contributed by atoms with Crippen molar-refractivity contribution >= 4 is 18.3 Å². The molecule has 1 fully saturated rings. The van der Waals surface area contributed by atoms with Crippen LogP contribution in [0.15, 0.2) is 30.3 Å². The SMILES string of the molecule is CCC(C(=O)NCC1(C)CCNCC1)c1ccccc1.Cl. The Balaban J connectivity index is 0.00000220. The predicted octanol–water partition coefficient (Wildman–Crippen LogP) is 3.11. The summed E-state index contributed by atoms with van der Waals surface area (Å²) < 4.78 is 0. The second kappa shape index (κ2) is 8.40. The first-order chi connectivity index (χ1) is 9.64. The van der Waals surface area contributed by atoms with Gasteiger partial charge in [0.1, 0.15) is 0 Å². The van der Waals surface area contributed by atoms with Gasteiger partial charge in [0.2, 0.25) is 5.91 Å². The van der Waals surface area contributed by atoms with E-state index in [9.17, 15) is 4.79 Å². The van der Waals surface area contributed by atoms with E-state index in [0.29, 0.717) is 0 Å². The van der Waals surface area contributed by atoms with Gasteiger partial charge in [0.25, 0.3) is 0 Å². The Bertz CT molecular complexity index is 430. The maximum absolute atomic E-state index is 12.4. The fourth-order valence-corrected chi connectivity index (χ4v) is 2.89. The van der Waals surface area contributed by atoms with E-state index in [2.05, 4.69) is 24.5 Å². The van der Waals surface area contributed by atoms with Crippen LogP contribution in [0.1, 0.15) is 44.6 Å². The Kier molecular flexibility index (Phi) is 7.20. The maximum Gasteiger partial charge on any atom is 0.227 e. The quantitative estimate of drug-likeness (QED) is 0.877. The van der Waals surface area contributed by atoms with Crippen LogP contribution in [0.2, 0.25) is 0 Å². The number of amides is 1. The fourth-order valence-electron chi connectivity index (χ4n) is 2.89. The van der Waals surface area contributed by atoms with E-state index >= 15 is 0 Å². The smallest absolute Gasteiger partial charge is 0.227 e. The van der Waals surface area contributed by atoms with Crippen LogP contribution in [-0.2, 0) is 4.79 Å². The van der Waals surface area contributed by atoms with Gasteiger partial charge >= 0.3 is 0 Å². The van der Waals surface area contributed by atoms with E-state index in [1.807, 2.05) is 30.3 Å². The third-order valence-corrected chi connectivity index (χ3v) is 4.43. The molecule has 0 saturated carbocycles. The summed E-state index contributed by atoms with van der Waals surface area (Å²) in [6.07, 6.45) is 3.11. The molecule has 1 saturated heterocycles. The molecule has 2 N–H and O–H groups in total. The summed E-state index contributed by atoms with van der Waals surface area (Å²) in [5.41, 5.74) is 1.36. The molecule has 1 atom stereocenters. The number of carbonyl (C=O) groups excluding carboxylic acids is 1. The van der Waals surface area contributed by atoms with Gasteiger partial charge in [-0.3, -0.25) is 4.79 Å². The number of hydrogen-bond acceptors (Lipinski definition) is 2. The minimum Gasteiger partial charge on any atom is -0.355 e. The van der Waals surface area contributed by atoms with Crippen LogP contribution in [0.25, 0.3) is 0 Å². The molecule has 1 aliphatic rings. The Morgan fingerprint density at radius 2 is 1.90 bits per heavy atom. The molecular weight excluding hydrogens is 284 g/mol. The summed E-state index contributed by atoms with van der Waals surface area (Å²) in [4.78, 5) is 12.4. The molecule has 1 aliphatic heterocycles. The van der Waals surface area contributed by atoms with E-state index in [1.165, 1.54) is 0 Å². The number of halogens is 1. The summed E-state index contributed by atoms with van der Waals surface area (Å²) in [6.45, 7) is 7.25. The number of carbonyl (C=O) groups is 1. The van der Waals surface area contributed by atoms with Crippen LogP contribution < -0.4 is 10.6 Å². The molecule has 1 heterocycles. The highest BCUT2D eigenvalue weighted by Gasteiger charge is 2.28. The lowest BCUT2D eigenvalue weighted by Crippen LogP contribution is -2.43. The van der Waals surface area contributed by atoms with E-state index in [1.54, 1.807) is 0 Å². The molecule has 0 spiro atoms. The Hall–Kier alpha value is -1.06. The number of benzene rings is 1. The summed E-state index contributed by atoms with van der Waals surface area (Å²) >= 11 is 0. The molecule has 1 amide bonds. The van der Waals surface area contributed by atoms with Crippen LogP contribution >= 0.6 is 12.4 Å². The normalized spacial score (nSPS) is 18.4. The average molecular weight is 311 g/mol. The van der Waals surface area contributed by atoms with E-state index in [0.717, 1.165) is 44.5 Å². The van der Waals surface area contributed by atoms with Gasteiger partial charge in [0.15, 0.2) is 0 Å². The van der Waals surface area contributed by atoms with Gasteiger partial charge in [-0.1, -0.05) is 44.2 Å². The van der Waals surface area contributed by atoms with Crippen molar-refractivity contribution in [2.45, 2.75) is 39.0 Å². The van der Waals surface area contributed by atoms with Gasteiger partial charge in [0.05, 0.1) is 5.92 Å². The van der Waals surface area contributed by atoms with Crippen LogP contribution in [0.5, 0.6) is 0 Å². The molecule has 0 radical (unpaired) electrons. The van der Waals surface area contributed by atoms with Gasteiger partial charge in [-0.2, -0.15) is 0 Å². The molecule has 2 rings (SSSR count). The van der Waals surface area contributed by atoms with Crippen molar-refractivity contribution in [2.24, 2.45) is 5.41 Å². The van der Waals surface area contributed by atoms with Crippen molar-refractivity contribution in [3.8, 4) is 0 Å².